The lowest BCUT2D eigenvalue weighted by Gasteiger charge is -2.34. The Morgan fingerprint density at radius 1 is 0.432 bits per heavy atom. The van der Waals surface area contributed by atoms with Gasteiger partial charge < -0.3 is 0 Å². The molecule has 2 aromatic rings. The maximum Gasteiger partial charge on any atom is 0.259 e. The number of carbonyl (C=O) groups excluding carboxylic acids is 2. The van der Waals surface area contributed by atoms with Gasteiger partial charge in [-0.25, -0.2) is 0 Å². The van der Waals surface area contributed by atoms with Crippen molar-refractivity contribution in [2.45, 2.75) is 142 Å². The zero-order chi connectivity index (χ0) is 31.3. The number of carbonyl (C=O) groups is 2. The second kappa shape index (κ2) is 18.1. The third kappa shape index (κ3) is 8.54. The number of amides is 2. The van der Waals surface area contributed by atoms with Crippen molar-refractivity contribution in [3.8, 4) is 0 Å². The number of hydrogen-bond donors (Lipinski definition) is 0. The van der Waals surface area contributed by atoms with Crippen LogP contribution in [0.25, 0.3) is 10.8 Å². The van der Waals surface area contributed by atoms with Gasteiger partial charge in [-0.2, -0.15) is 0 Å². The molecule has 0 saturated carbocycles. The zero-order valence-electron chi connectivity index (χ0n) is 27.4. The van der Waals surface area contributed by atoms with Crippen molar-refractivity contribution < 1.29 is 9.59 Å². The molecule has 2 aromatic carbocycles. The molecule has 240 valence electrons. The van der Waals surface area contributed by atoms with Gasteiger partial charge in [0.15, 0.2) is 0 Å². The predicted molar refractivity (Wildman–Crippen MR) is 193 cm³/mol. The van der Waals surface area contributed by atoms with Crippen LogP contribution < -0.4 is 0 Å². The summed E-state index contributed by atoms with van der Waals surface area (Å²) in [4.78, 5) is 32.1. The van der Waals surface area contributed by atoms with Crippen LogP contribution in [-0.2, 0) is 0 Å². The van der Waals surface area contributed by atoms with E-state index >= 15 is 0 Å². The summed E-state index contributed by atoms with van der Waals surface area (Å²) in [5, 5.41) is 1.62. The Kier molecular flexibility index (Phi) is 14.3. The second-order valence-corrected chi connectivity index (χ2v) is 13.7. The van der Waals surface area contributed by atoms with Gasteiger partial charge in [-0.05, 0) is 25.0 Å². The van der Waals surface area contributed by atoms with Crippen molar-refractivity contribution in [3.63, 3.8) is 0 Å². The van der Waals surface area contributed by atoms with Crippen molar-refractivity contribution in [1.82, 2.24) is 9.80 Å². The van der Waals surface area contributed by atoms with Gasteiger partial charge in [0.05, 0.1) is 0 Å². The van der Waals surface area contributed by atoms with Crippen molar-refractivity contribution in [2.24, 2.45) is 0 Å². The summed E-state index contributed by atoms with van der Waals surface area (Å²) < 4.78 is 0. The van der Waals surface area contributed by atoms with Crippen LogP contribution in [0.2, 0.25) is 0 Å². The van der Waals surface area contributed by atoms with E-state index in [1.54, 1.807) is 9.80 Å². The molecule has 0 spiro atoms. The summed E-state index contributed by atoms with van der Waals surface area (Å²) in [5.41, 5.74) is 3.03. The standard InChI is InChI=1S/C38H54N2O2S2/c1-3-5-7-9-11-13-15-17-19-21-27-39-35(41)29-23-26-32-34-30(24-25-31(33(29)34)37(39)43)36(42)40(38(32)44)28-22-20-18-16-14-12-10-8-6-4-2/h23-26H,3-22,27-28H2,1-2H3. The van der Waals surface area contributed by atoms with Gasteiger partial charge in [0.1, 0.15) is 9.98 Å². The summed E-state index contributed by atoms with van der Waals surface area (Å²) in [7, 11) is 0. The Bertz CT molecular complexity index is 1130. The molecule has 0 saturated heterocycles. The minimum absolute atomic E-state index is 0.0479. The summed E-state index contributed by atoms with van der Waals surface area (Å²) in [6, 6.07) is 7.72. The number of rotatable bonds is 22. The molecule has 0 bridgehead atoms. The van der Waals surface area contributed by atoms with Crippen molar-refractivity contribution in [1.29, 1.82) is 0 Å². The Hall–Kier alpha value is -2.18. The lowest BCUT2D eigenvalue weighted by molar-refractivity contribution is 0.0836. The van der Waals surface area contributed by atoms with E-state index in [0.717, 1.165) is 47.6 Å². The SMILES string of the molecule is CCCCCCCCCCCCN1C(=O)c2ccc3c4c(ccc(c24)C1=S)C(=O)N(CCCCCCCCCCCC)C3=S. The first-order chi connectivity index (χ1) is 21.5. The molecule has 0 N–H and O–H groups in total. The number of benzene rings is 2. The van der Waals surface area contributed by atoms with Gasteiger partial charge >= 0.3 is 0 Å². The molecule has 4 rings (SSSR count). The fraction of sp³-hybridized carbons (Fsp3) is 0.632. The van der Waals surface area contributed by atoms with Crippen LogP contribution in [0.5, 0.6) is 0 Å². The quantitative estimate of drug-likeness (QED) is 0.0954. The van der Waals surface area contributed by atoms with Crippen LogP contribution in [0, 0.1) is 0 Å². The number of nitrogens with zero attached hydrogens (tertiary/aromatic N) is 2. The van der Waals surface area contributed by atoms with Gasteiger partial charge in [-0.1, -0.05) is 166 Å². The van der Waals surface area contributed by atoms with Crippen molar-refractivity contribution in [3.05, 3.63) is 46.5 Å². The van der Waals surface area contributed by atoms with Gasteiger partial charge in [0.2, 0.25) is 0 Å². The van der Waals surface area contributed by atoms with E-state index in [4.69, 9.17) is 24.4 Å². The molecule has 2 amide bonds. The largest absolute Gasteiger partial charge is 0.299 e. The second-order valence-electron chi connectivity index (χ2n) is 13.0. The summed E-state index contributed by atoms with van der Waals surface area (Å²) in [5.74, 6) is -0.0958. The fourth-order valence-electron chi connectivity index (χ4n) is 6.90. The van der Waals surface area contributed by atoms with Crippen LogP contribution in [-0.4, -0.2) is 44.7 Å². The topological polar surface area (TPSA) is 40.6 Å². The minimum Gasteiger partial charge on any atom is -0.299 e. The molecule has 44 heavy (non-hydrogen) atoms. The van der Waals surface area contributed by atoms with Crippen LogP contribution in [0.3, 0.4) is 0 Å². The third-order valence-corrected chi connectivity index (χ3v) is 10.4. The van der Waals surface area contributed by atoms with E-state index in [1.807, 2.05) is 24.3 Å². The monoisotopic (exact) mass is 634 g/mol. The first-order valence-electron chi connectivity index (χ1n) is 17.8. The predicted octanol–water partition coefficient (Wildman–Crippen LogP) is 10.9. The average Bonchev–Trinajstić information content (AvgIpc) is 3.03. The molecule has 0 aromatic heterocycles. The Balaban J connectivity index is 1.31. The van der Waals surface area contributed by atoms with Gasteiger partial charge in [-0.15, -0.1) is 0 Å². The van der Waals surface area contributed by atoms with Gasteiger partial charge in [-0.3, -0.25) is 19.4 Å². The number of unbranched alkanes of at least 4 members (excludes halogenated alkanes) is 18. The van der Waals surface area contributed by atoms with Crippen molar-refractivity contribution >= 4 is 57.0 Å². The molecule has 2 aliphatic heterocycles. The van der Waals surface area contributed by atoms with Crippen LogP contribution in [0.15, 0.2) is 24.3 Å². The highest BCUT2D eigenvalue weighted by Gasteiger charge is 2.36. The van der Waals surface area contributed by atoms with E-state index in [9.17, 15) is 9.59 Å². The van der Waals surface area contributed by atoms with E-state index in [1.165, 1.54) is 103 Å². The van der Waals surface area contributed by atoms with E-state index in [2.05, 4.69) is 13.8 Å². The average molecular weight is 635 g/mol. The van der Waals surface area contributed by atoms with Crippen molar-refractivity contribution in [2.75, 3.05) is 13.1 Å². The van der Waals surface area contributed by atoms with E-state index in [0.29, 0.717) is 34.2 Å². The minimum atomic E-state index is -0.0479. The molecule has 2 heterocycles. The molecule has 0 aliphatic carbocycles. The maximum atomic E-state index is 13.7. The highest BCUT2D eigenvalue weighted by atomic mass is 32.1. The lowest BCUT2D eigenvalue weighted by Crippen LogP contribution is -2.43. The first kappa shape index (κ1) is 34.7. The number of thiocarbonyl (C=S) groups is 2. The molecular formula is C38H54N2O2S2. The smallest absolute Gasteiger partial charge is 0.259 e. The molecular weight excluding hydrogens is 581 g/mol. The lowest BCUT2D eigenvalue weighted by atomic mass is 9.86. The van der Waals surface area contributed by atoms with Gasteiger partial charge in [0.25, 0.3) is 11.8 Å². The summed E-state index contributed by atoms with van der Waals surface area (Å²) in [6.45, 7) is 5.80. The van der Waals surface area contributed by atoms with Crippen LogP contribution >= 0.6 is 24.4 Å². The number of hydrogen-bond acceptors (Lipinski definition) is 4. The Morgan fingerprint density at radius 3 is 1.02 bits per heavy atom. The Labute approximate surface area is 277 Å². The van der Waals surface area contributed by atoms with Gasteiger partial charge in [0, 0.05) is 46.1 Å². The molecule has 2 aliphatic rings. The maximum absolute atomic E-state index is 13.7. The highest BCUT2D eigenvalue weighted by molar-refractivity contribution is 7.81. The molecule has 0 fully saturated rings. The first-order valence-corrected chi connectivity index (χ1v) is 18.6. The molecule has 4 nitrogen and oxygen atoms in total. The third-order valence-electron chi connectivity index (χ3n) is 9.53. The zero-order valence-corrected chi connectivity index (χ0v) is 29.0. The van der Waals surface area contributed by atoms with Crippen LogP contribution in [0.1, 0.15) is 174 Å². The fourth-order valence-corrected chi connectivity index (χ4v) is 7.58. The van der Waals surface area contributed by atoms with E-state index < -0.39 is 0 Å². The summed E-state index contributed by atoms with van der Waals surface area (Å²) in [6.07, 6.45) is 25.1. The summed E-state index contributed by atoms with van der Waals surface area (Å²) >= 11 is 11.8. The normalized spacial score (nSPS) is 14.4. The molecule has 0 atom stereocenters. The highest BCUT2D eigenvalue weighted by Crippen LogP contribution is 2.38. The molecule has 6 heteroatoms. The molecule has 0 radical (unpaired) electrons. The Morgan fingerprint density at radius 2 is 0.705 bits per heavy atom. The van der Waals surface area contributed by atoms with Crippen LogP contribution in [0.4, 0.5) is 0 Å². The molecule has 0 unspecified atom stereocenters. The van der Waals surface area contributed by atoms with E-state index in [-0.39, 0.29) is 11.8 Å².